The normalized spacial score (nSPS) is 29.6. The van der Waals surface area contributed by atoms with E-state index in [0.717, 1.165) is 18.4 Å². The monoisotopic (exact) mass is 414 g/mol. The van der Waals surface area contributed by atoms with E-state index in [1.807, 2.05) is 24.3 Å². The Hall–Kier alpha value is -3.15. The van der Waals surface area contributed by atoms with E-state index in [9.17, 15) is 4.79 Å². The molecule has 0 saturated heterocycles. The minimum atomic E-state index is 0. The van der Waals surface area contributed by atoms with Gasteiger partial charge in [-0.1, -0.05) is 44.9 Å². The van der Waals surface area contributed by atoms with Gasteiger partial charge in [-0.25, -0.2) is 0 Å². The fourth-order valence-corrected chi connectivity index (χ4v) is 5.71. The molecule has 0 aliphatic heterocycles. The van der Waals surface area contributed by atoms with E-state index in [4.69, 9.17) is 21.0 Å². The third kappa shape index (κ3) is 4.20. The van der Waals surface area contributed by atoms with Gasteiger partial charge in [0.1, 0.15) is 24.1 Å². The van der Waals surface area contributed by atoms with Crippen molar-refractivity contribution < 1.29 is 4.79 Å². The third-order valence-corrected chi connectivity index (χ3v) is 7.78. The lowest BCUT2D eigenvalue weighted by Crippen LogP contribution is -2.51. The third-order valence-electron chi connectivity index (χ3n) is 7.78. The summed E-state index contributed by atoms with van der Waals surface area (Å²) in [6.45, 7) is 13.1. The molecule has 0 aromatic carbocycles. The maximum absolute atomic E-state index is 11.4. The number of hydrogen-bond donors (Lipinski definition) is 0. The first kappa shape index (κ1) is 24.1. The zero-order valence-electron chi connectivity index (χ0n) is 19.3. The van der Waals surface area contributed by atoms with Gasteiger partial charge in [-0.05, 0) is 66.9 Å². The van der Waals surface area contributed by atoms with E-state index >= 15 is 0 Å². The molecule has 0 spiro atoms. The minimum Gasteiger partial charge on any atom is -0.295 e. The summed E-state index contributed by atoms with van der Waals surface area (Å²) in [4.78, 5) is 11.4. The van der Waals surface area contributed by atoms with Crippen molar-refractivity contribution >= 4 is 5.78 Å². The molecule has 2 fully saturated rings. The van der Waals surface area contributed by atoms with E-state index in [1.165, 1.54) is 11.1 Å². The molecule has 0 aromatic rings. The van der Waals surface area contributed by atoms with Crippen molar-refractivity contribution in [1.29, 1.82) is 21.0 Å². The summed E-state index contributed by atoms with van der Waals surface area (Å²) in [6.07, 6.45) is 6.10. The lowest BCUT2D eigenvalue weighted by Gasteiger charge is -2.56. The van der Waals surface area contributed by atoms with Crippen molar-refractivity contribution in [1.82, 2.24) is 0 Å². The van der Waals surface area contributed by atoms with Crippen molar-refractivity contribution in [2.45, 2.75) is 60.8 Å². The zero-order valence-corrected chi connectivity index (χ0v) is 19.3. The molecule has 0 N–H and O–H groups in total. The summed E-state index contributed by atoms with van der Waals surface area (Å²) >= 11 is 0. The summed E-state index contributed by atoms with van der Waals surface area (Å²) in [7, 11) is 0. The average Bonchev–Trinajstić information content (AvgIpc) is 2.68. The maximum atomic E-state index is 11.4. The number of carbonyl (C=O) groups excluding carboxylic acids is 1. The molecular formula is C26H30N4O. The number of hydrogen-bond acceptors (Lipinski definition) is 5. The Labute approximate surface area is 186 Å². The molecule has 0 amide bonds. The largest absolute Gasteiger partial charge is 0.295 e. The number of rotatable bonds is 0. The molecule has 5 heteroatoms. The standard InChI is InChI=1S/C13H14N2.C10H14O.C3H2N2/c1-8-4-10(9(6-14)7-15)12-5-11(8)13(12,2)3;1-6-4-9(11)8-5-7(6)10(8,2)3;4-2-1-3-5/h4,11-12H,5H2,1-3H3;4,7-8H,5H2,1-3H3;1H2. The Morgan fingerprint density at radius 2 is 1.29 bits per heavy atom. The number of fused-ring (bicyclic) bond motifs is 2. The Kier molecular flexibility index (Phi) is 6.94. The predicted molar refractivity (Wildman–Crippen MR) is 117 cm³/mol. The van der Waals surface area contributed by atoms with E-state index in [2.05, 4.69) is 41.5 Å². The minimum absolute atomic E-state index is 0. The molecule has 4 unspecified atom stereocenters. The highest BCUT2D eigenvalue weighted by Crippen LogP contribution is 2.61. The maximum Gasteiger partial charge on any atom is 0.159 e. The van der Waals surface area contributed by atoms with Crippen LogP contribution >= 0.6 is 0 Å². The topological polar surface area (TPSA) is 112 Å². The molecule has 31 heavy (non-hydrogen) atoms. The molecule has 5 nitrogen and oxygen atoms in total. The van der Waals surface area contributed by atoms with Crippen LogP contribution in [-0.4, -0.2) is 5.78 Å². The van der Waals surface area contributed by atoms with Gasteiger partial charge in [-0.15, -0.1) is 0 Å². The van der Waals surface area contributed by atoms with Crippen LogP contribution in [0.1, 0.15) is 60.8 Å². The van der Waals surface area contributed by atoms with Crippen LogP contribution in [-0.2, 0) is 4.79 Å². The number of nitrogens with zero attached hydrogens (tertiary/aromatic N) is 4. The van der Waals surface area contributed by atoms with Crippen LogP contribution in [0.2, 0.25) is 0 Å². The van der Waals surface area contributed by atoms with E-state index in [1.54, 1.807) is 12.1 Å². The SMILES string of the molecule is CC1=CC(=C(C#N)C#N)C2CC1C2(C)C.CC1=CC(=O)C2CC1C2(C)C.N#CCC#N. The van der Waals surface area contributed by atoms with E-state index < -0.39 is 0 Å². The van der Waals surface area contributed by atoms with Gasteiger partial charge >= 0.3 is 0 Å². The van der Waals surface area contributed by atoms with Crippen LogP contribution in [0.4, 0.5) is 0 Å². The van der Waals surface area contributed by atoms with Gasteiger partial charge in [0, 0.05) is 5.92 Å². The summed E-state index contributed by atoms with van der Waals surface area (Å²) < 4.78 is 0. The highest BCUT2D eigenvalue weighted by Gasteiger charge is 2.54. The van der Waals surface area contributed by atoms with Crippen molar-refractivity contribution in [2.24, 2.45) is 34.5 Å². The highest BCUT2D eigenvalue weighted by atomic mass is 16.1. The Morgan fingerprint density at radius 3 is 1.58 bits per heavy atom. The summed E-state index contributed by atoms with van der Waals surface area (Å²) in [6, 6.07) is 7.33. The highest BCUT2D eigenvalue weighted by molar-refractivity contribution is 5.95. The lowest BCUT2D eigenvalue weighted by atomic mass is 9.47. The molecule has 4 atom stereocenters. The van der Waals surface area contributed by atoms with Crippen LogP contribution in [0, 0.1) is 79.8 Å². The van der Waals surface area contributed by atoms with Crippen molar-refractivity contribution in [2.75, 3.05) is 0 Å². The van der Waals surface area contributed by atoms with Gasteiger partial charge in [0.15, 0.2) is 5.78 Å². The quantitative estimate of drug-likeness (QED) is 0.482. The van der Waals surface area contributed by atoms with E-state index in [0.29, 0.717) is 35.0 Å². The molecule has 6 aliphatic carbocycles. The van der Waals surface area contributed by atoms with Crippen molar-refractivity contribution in [3.8, 4) is 24.3 Å². The molecule has 0 aromatic heterocycles. The second kappa shape index (κ2) is 8.92. The molecular weight excluding hydrogens is 384 g/mol. The first-order chi connectivity index (χ1) is 14.5. The van der Waals surface area contributed by atoms with Crippen LogP contribution in [0.25, 0.3) is 0 Å². The average molecular weight is 415 g/mol. The Bertz CT molecular complexity index is 999. The van der Waals surface area contributed by atoms with Crippen LogP contribution < -0.4 is 0 Å². The number of allylic oxidation sites excluding steroid dienone is 6. The molecule has 0 heterocycles. The van der Waals surface area contributed by atoms with Gasteiger partial charge in [-0.3, -0.25) is 4.79 Å². The molecule has 6 aliphatic rings. The Morgan fingerprint density at radius 1 is 0.839 bits per heavy atom. The van der Waals surface area contributed by atoms with Crippen LogP contribution in [0.15, 0.2) is 34.4 Å². The zero-order chi connectivity index (χ0) is 23.6. The number of ketones is 1. The summed E-state index contributed by atoms with van der Waals surface area (Å²) in [5.74, 6) is 2.42. The number of nitriles is 4. The lowest BCUT2D eigenvalue weighted by molar-refractivity contribution is -0.133. The second-order valence-electron chi connectivity index (χ2n) is 10.1. The molecule has 4 bridgehead atoms. The second-order valence-corrected chi connectivity index (χ2v) is 10.1. The molecule has 0 radical (unpaired) electrons. The predicted octanol–water partition coefficient (Wildman–Crippen LogP) is 5.55. The summed E-state index contributed by atoms with van der Waals surface area (Å²) in [5.41, 5.74) is 4.36. The molecule has 6 rings (SSSR count). The van der Waals surface area contributed by atoms with Crippen LogP contribution in [0.5, 0.6) is 0 Å². The Balaban J connectivity index is 0.000000187. The number of carbonyl (C=O) groups is 1. The van der Waals surface area contributed by atoms with Crippen molar-refractivity contribution in [3.05, 3.63) is 34.4 Å². The molecule has 2 saturated carbocycles. The fraction of sp³-hybridized carbons (Fsp3) is 0.577. The fourth-order valence-electron chi connectivity index (χ4n) is 5.71. The van der Waals surface area contributed by atoms with Gasteiger partial charge in [0.05, 0.1) is 12.1 Å². The van der Waals surface area contributed by atoms with Gasteiger partial charge < -0.3 is 0 Å². The summed E-state index contributed by atoms with van der Waals surface area (Å²) in [5, 5.41) is 33.0. The van der Waals surface area contributed by atoms with Gasteiger partial charge in [-0.2, -0.15) is 21.0 Å². The van der Waals surface area contributed by atoms with E-state index in [-0.39, 0.29) is 17.3 Å². The first-order valence-electron chi connectivity index (χ1n) is 10.7. The van der Waals surface area contributed by atoms with Gasteiger partial charge in [0.2, 0.25) is 0 Å². The smallest absolute Gasteiger partial charge is 0.159 e. The first-order valence-corrected chi connectivity index (χ1v) is 10.7. The molecule has 160 valence electrons. The van der Waals surface area contributed by atoms with Gasteiger partial charge in [0.25, 0.3) is 0 Å². The van der Waals surface area contributed by atoms with Crippen molar-refractivity contribution in [3.63, 3.8) is 0 Å². The van der Waals surface area contributed by atoms with Crippen LogP contribution in [0.3, 0.4) is 0 Å².